The number of nitrogens with one attached hydrogen (secondary N) is 1. The van der Waals surface area contributed by atoms with Crippen molar-refractivity contribution in [3.63, 3.8) is 0 Å². The zero-order valence-electron chi connectivity index (χ0n) is 35.6. The SMILES string of the molecule is CCCCCCCC/C=C\CCCCCCCCCC(=O)NC(COC1OC(CO)C(O)C(O)C1O)C(O)/C=C/CC/C=C/CC/C=C/CCCCCCCC. The third-order valence-corrected chi connectivity index (χ3v) is 10.6. The Morgan fingerprint density at radius 3 is 1.50 bits per heavy atom. The molecule has 1 rings (SSSR count). The number of aliphatic hydroxyl groups is 5. The van der Waals surface area contributed by atoms with Crippen molar-refractivity contribution in [3.05, 3.63) is 48.6 Å². The minimum Gasteiger partial charge on any atom is -0.394 e. The topological polar surface area (TPSA) is 149 Å². The van der Waals surface area contributed by atoms with Gasteiger partial charge in [-0.1, -0.05) is 159 Å². The van der Waals surface area contributed by atoms with Gasteiger partial charge < -0.3 is 40.3 Å². The Labute approximate surface area is 342 Å². The maximum Gasteiger partial charge on any atom is 0.220 e. The molecule has 0 aromatic carbocycles. The average molecular weight is 792 g/mol. The van der Waals surface area contributed by atoms with Crippen molar-refractivity contribution in [2.45, 2.75) is 230 Å². The molecule has 0 aromatic heterocycles. The number of unbranched alkanes of at least 4 members (excludes halogenated alkanes) is 21. The van der Waals surface area contributed by atoms with Gasteiger partial charge in [-0.05, 0) is 70.6 Å². The minimum atomic E-state index is -1.57. The van der Waals surface area contributed by atoms with Crippen molar-refractivity contribution >= 4 is 5.91 Å². The molecule has 6 N–H and O–H groups in total. The lowest BCUT2D eigenvalue weighted by Crippen LogP contribution is -2.60. The summed E-state index contributed by atoms with van der Waals surface area (Å²) in [4.78, 5) is 12.9. The summed E-state index contributed by atoms with van der Waals surface area (Å²) in [5.41, 5.74) is 0. The summed E-state index contributed by atoms with van der Waals surface area (Å²) in [6, 6.07) is -0.829. The maximum atomic E-state index is 12.9. The predicted molar refractivity (Wildman–Crippen MR) is 230 cm³/mol. The lowest BCUT2D eigenvalue weighted by molar-refractivity contribution is -0.302. The van der Waals surface area contributed by atoms with Crippen LogP contribution in [-0.2, 0) is 14.3 Å². The second-order valence-corrected chi connectivity index (χ2v) is 15.8. The molecule has 1 heterocycles. The molecule has 0 aromatic rings. The van der Waals surface area contributed by atoms with Crippen LogP contribution in [0.4, 0.5) is 0 Å². The third-order valence-electron chi connectivity index (χ3n) is 10.6. The van der Waals surface area contributed by atoms with Gasteiger partial charge in [0.25, 0.3) is 0 Å². The molecule has 1 fully saturated rings. The number of carbonyl (C=O) groups excluding carboxylic acids is 1. The molecule has 9 nitrogen and oxygen atoms in total. The molecule has 0 radical (unpaired) electrons. The van der Waals surface area contributed by atoms with Crippen LogP contribution in [0.3, 0.4) is 0 Å². The highest BCUT2D eigenvalue weighted by Gasteiger charge is 2.44. The smallest absolute Gasteiger partial charge is 0.220 e. The van der Waals surface area contributed by atoms with E-state index in [1.165, 1.54) is 103 Å². The van der Waals surface area contributed by atoms with Crippen LogP contribution in [0, 0.1) is 0 Å². The molecule has 1 aliphatic heterocycles. The van der Waals surface area contributed by atoms with E-state index >= 15 is 0 Å². The summed E-state index contributed by atoms with van der Waals surface area (Å²) in [5, 5.41) is 54.1. The number of carbonyl (C=O) groups is 1. The first-order chi connectivity index (χ1) is 27.3. The number of hydrogen-bond acceptors (Lipinski definition) is 8. The summed E-state index contributed by atoms with van der Waals surface area (Å²) in [6.45, 7) is 3.72. The zero-order valence-corrected chi connectivity index (χ0v) is 35.6. The van der Waals surface area contributed by atoms with E-state index in [0.717, 1.165) is 64.2 Å². The maximum absolute atomic E-state index is 12.9. The summed E-state index contributed by atoms with van der Waals surface area (Å²) >= 11 is 0. The van der Waals surface area contributed by atoms with E-state index < -0.39 is 49.5 Å². The lowest BCUT2D eigenvalue weighted by atomic mass is 9.99. The third kappa shape index (κ3) is 27.7. The number of aliphatic hydroxyl groups excluding tert-OH is 5. The molecule has 1 saturated heterocycles. The van der Waals surface area contributed by atoms with Gasteiger partial charge in [0.05, 0.1) is 25.4 Å². The van der Waals surface area contributed by atoms with Crippen LogP contribution in [0.15, 0.2) is 48.6 Å². The average Bonchev–Trinajstić information content (AvgIpc) is 3.20. The number of hydrogen-bond donors (Lipinski definition) is 6. The molecule has 0 saturated carbocycles. The van der Waals surface area contributed by atoms with Crippen molar-refractivity contribution in [2.75, 3.05) is 13.2 Å². The van der Waals surface area contributed by atoms with Crippen LogP contribution in [0.5, 0.6) is 0 Å². The van der Waals surface area contributed by atoms with Crippen molar-refractivity contribution in [1.29, 1.82) is 0 Å². The van der Waals surface area contributed by atoms with Crippen LogP contribution < -0.4 is 5.32 Å². The molecule has 1 aliphatic rings. The Morgan fingerprint density at radius 2 is 1.02 bits per heavy atom. The Morgan fingerprint density at radius 1 is 0.589 bits per heavy atom. The summed E-state index contributed by atoms with van der Waals surface area (Å²) in [6.07, 6.45) is 40.1. The van der Waals surface area contributed by atoms with Gasteiger partial charge in [-0.3, -0.25) is 4.79 Å². The summed E-state index contributed by atoms with van der Waals surface area (Å²) in [7, 11) is 0. The second-order valence-electron chi connectivity index (χ2n) is 15.8. The Kier molecular flexibility index (Phi) is 34.9. The van der Waals surface area contributed by atoms with Gasteiger partial charge in [0.15, 0.2) is 6.29 Å². The van der Waals surface area contributed by atoms with E-state index in [0.29, 0.717) is 6.42 Å². The van der Waals surface area contributed by atoms with Gasteiger partial charge >= 0.3 is 0 Å². The fraction of sp³-hybridized carbons (Fsp3) is 0.809. The van der Waals surface area contributed by atoms with Gasteiger partial charge in [0, 0.05) is 6.42 Å². The fourth-order valence-electron chi connectivity index (χ4n) is 6.89. The molecule has 1 amide bonds. The highest BCUT2D eigenvalue weighted by Crippen LogP contribution is 2.22. The van der Waals surface area contributed by atoms with E-state index in [4.69, 9.17) is 9.47 Å². The highest BCUT2D eigenvalue weighted by atomic mass is 16.7. The Balaban J connectivity index is 2.41. The number of rotatable bonds is 37. The van der Waals surface area contributed by atoms with Crippen LogP contribution in [0.2, 0.25) is 0 Å². The molecule has 326 valence electrons. The van der Waals surface area contributed by atoms with Crippen LogP contribution in [0.25, 0.3) is 0 Å². The fourth-order valence-corrected chi connectivity index (χ4v) is 6.89. The zero-order chi connectivity index (χ0) is 40.9. The molecular formula is C47H85NO8. The molecule has 0 spiro atoms. The van der Waals surface area contributed by atoms with E-state index in [2.05, 4.69) is 55.6 Å². The van der Waals surface area contributed by atoms with Gasteiger partial charge in [0.2, 0.25) is 5.91 Å². The van der Waals surface area contributed by atoms with Crippen LogP contribution in [-0.4, -0.2) is 87.5 Å². The van der Waals surface area contributed by atoms with Crippen LogP contribution in [0.1, 0.15) is 187 Å². The van der Waals surface area contributed by atoms with E-state index in [1.54, 1.807) is 6.08 Å². The van der Waals surface area contributed by atoms with Crippen molar-refractivity contribution in [3.8, 4) is 0 Å². The molecule has 9 heteroatoms. The number of allylic oxidation sites excluding steroid dienone is 7. The van der Waals surface area contributed by atoms with E-state index in [-0.39, 0.29) is 12.5 Å². The first-order valence-electron chi connectivity index (χ1n) is 22.9. The quantitative estimate of drug-likeness (QED) is 0.0269. The first-order valence-corrected chi connectivity index (χ1v) is 22.9. The molecule has 0 bridgehead atoms. The van der Waals surface area contributed by atoms with E-state index in [9.17, 15) is 30.3 Å². The number of ether oxygens (including phenoxy) is 2. The number of amides is 1. The highest BCUT2D eigenvalue weighted by molar-refractivity contribution is 5.76. The van der Waals surface area contributed by atoms with Gasteiger partial charge in [-0.15, -0.1) is 0 Å². The largest absolute Gasteiger partial charge is 0.394 e. The second kappa shape index (κ2) is 37.4. The normalized spacial score (nSPS) is 21.6. The van der Waals surface area contributed by atoms with Crippen molar-refractivity contribution < 1.29 is 39.8 Å². The van der Waals surface area contributed by atoms with Crippen LogP contribution >= 0.6 is 0 Å². The van der Waals surface area contributed by atoms with E-state index in [1.807, 2.05) is 6.08 Å². The Hall–Kier alpha value is -1.85. The molecule has 56 heavy (non-hydrogen) atoms. The summed E-state index contributed by atoms with van der Waals surface area (Å²) < 4.78 is 11.2. The first kappa shape index (κ1) is 52.2. The Bertz CT molecular complexity index is 1010. The molecule has 0 aliphatic carbocycles. The predicted octanol–water partition coefficient (Wildman–Crippen LogP) is 9.45. The van der Waals surface area contributed by atoms with Crippen molar-refractivity contribution in [2.24, 2.45) is 0 Å². The van der Waals surface area contributed by atoms with Gasteiger partial charge in [-0.25, -0.2) is 0 Å². The molecular weight excluding hydrogens is 707 g/mol. The monoisotopic (exact) mass is 792 g/mol. The van der Waals surface area contributed by atoms with Gasteiger partial charge in [-0.2, -0.15) is 0 Å². The lowest BCUT2D eigenvalue weighted by Gasteiger charge is -2.40. The molecule has 7 atom stereocenters. The summed E-state index contributed by atoms with van der Waals surface area (Å²) in [5.74, 6) is -0.198. The molecule has 7 unspecified atom stereocenters. The van der Waals surface area contributed by atoms with Gasteiger partial charge in [0.1, 0.15) is 24.4 Å². The standard InChI is InChI=1S/C47H85NO8/c1-3-5-7-9-11-13-15-17-19-21-23-25-27-29-31-33-35-37-43(51)48-40(39-55-47-46(54)45(53)44(52)42(38-49)56-47)41(50)36-34-32-30-28-26-24-22-20-18-16-14-12-10-8-6-4-2/h17-20,26,28,34,36,40-42,44-47,49-50,52-54H,3-16,21-25,27,29-33,35,37-39H2,1-2H3,(H,48,51)/b19-17-,20-18+,28-26+,36-34+. The van der Waals surface area contributed by atoms with Crippen molar-refractivity contribution in [1.82, 2.24) is 5.32 Å². The minimum absolute atomic E-state index is 0.198.